The third kappa shape index (κ3) is 4.26. The Morgan fingerprint density at radius 1 is 0.422 bits per heavy atom. The van der Waals surface area contributed by atoms with Gasteiger partial charge in [0.05, 0.1) is 0 Å². The van der Waals surface area contributed by atoms with Crippen molar-refractivity contribution in [2.24, 2.45) is 0 Å². The Hall–Kier alpha value is -4.99. The van der Waals surface area contributed by atoms with Crippen LogP contribution in [0.2, 0.25) is 0 Å². The Bertz CT molecular complexity index is 2500. The van der Waals surface area contributed by atoms with Crippen LogP contribution in [0.25, 0.3) is 89.7 Å². The Labute approximate surface area is 274 Å². The minimum atomic E-state index is -0.131. The minimum absolute atomic E-state index is 0. The number of fused-ring (bicyclic) bond motifs is 20. The maximum Gasteiger partial charge on any atom is 2.00 e. The van der Waals surface area contributed by atoms with E-state index >= 15 is 0 Å². The van der Waals surface area contributed by atoms with Gasteiger partial charge < -0.3 is 9.97 Å². The van der Waals surface area contributed by atoms with Crippen LogP contribution in [-0.4, -0.2) is 62.9 Å². The van der Waals surface area contributed by atoms with E-state index in [2.05, 4.69) is 48.9 Å². The van der Waals surface area contributed by atoms with Crippen LogP contribution in [0.4, 0.5) is 0 Å². The molecule has 2 aliphatic heterocycles. The van der Waals surface area contributed by atoms with Crippen LogP contribution in [0.5, 0.6) is 0 Å². The van der Waals surface area contributed by atoms with Crippen LogP contribution in [0, 0.1) is 0 Å². The van der Waals surface area contributed by atoms with Gasteiger partial charge in [-0.25, -0.2) is 29.9 Å². The minimum Gasteiger partial charge on any atom is -0.324 e. The monoisotopic (exact) mass is 594 g/mol. The van der Waals surface area contributed by atoms with Crippen molar-refractivity contribution in [3.8, 4) is 45.6 Å². The Morgan fingerprint density at radius 3 is 1.27 bits per heavy atom. The van der Waals surface area contributed by atoms with Crippen molar-refractivity contribution in [3.63, 3.8) is 0 Å². The Kier molecular flexibility index (Phi) is 6.13. The first-order chi connectivity index (χ1) is 21.4. The number of H-pyrrole nitrogens is 2. The summed E-state index contributed by atoms with van der Waals surface area (Å²) in [6.45, 7) is 6.65. The maximum absolute atomic E-state index is 5.19. The van der Waals surface area contributed by atoms with Gasteiger partial charge in [-0.3, -0.25) is 0 Å². The molecule has 0 aliphatic carbocycles. The van der Waals surface area contributed by atoms with Gasteiger partial charge in [0.2, 0.25) is 0 Å². The number of benzene rings is 4. The zero-order valence-corrected chi connectivity index (χ0v) is 26.5. The van der Waals surface area contributed by atoms with E-state index in [0.29, 0.717) is 45.9 Å². The summed E-state index contributed by atoms with van der Waals surface area (Å²) in [4.78, 5) is 37.5. The first kappa shape index (κ1) is 27.5. The second-order valence-corrected chi connectivity index (χ2v) is 12.2. The molecule has 0 fully saturated rings. The molecule has 7 aromatic rings. The van der Waals surface area contributed by atoms with Crippen LogP contribution < -0.4 is 0 Å². The molecule has 0 saturated heterocycles. The zero-order valence-electron chi connectivity index (χ0n) is 25.1. The zero-order chi connectivity index (χ0) is 29.6. The van der Waals surface area contributed by atoms with Gasteiger partial charge in [0, 0.05) is 43.8 Å². The smallest absolute Gasteiger partial charge is 0.324 e. The number of rotatable bonds is 0. The van der Waals surface area contributed by atoms with Gasteiger partial charge in [0.1, 0.15) is 22.6 Å². The van der Waals surface area contributed by atoms with Crippen molar-refractivity contribution < 1.29 is 0 Å². The van der Waals surface area contributed by atoms with E-state index < -0.39 is 0 Å². The first-order valence-electron chi connectivity index (χ1n) is 14.7. The van der Waals surface area contributed by atoms with E-state index in [0.717, 1.165) is 43.8 Å². The molecule has 210 valence electrons. The van der Waals surface area contributed by atoms with E-state index in [1.807, 2.05) is 72.8 Å². The van der Waals surface area contributed by atoms with Gasteiger partial charge in [0.15, 0.2) is 23.3 Å². The van der Waals surface area contributed by atoms with Crippen molar-refractivity contribution in [3.05, 3.63) is 96.6 Å². The third-order valence-electron chi connectivity index (χ3n) is 8.39. The Morgan fingerprint density at radius 2 is 0.800 bits per heavy atom. The summed E-state index contributed by atoms with van der Waals surface area (Å²) in [6.07, 6.45) is 0. The summed E-state index contributed by atoms with van der Waals surface area (Å²) in [7, 11) is 0. The van der Waals surface area contributed by atoms with E-state index in [4.69, 9.17) is 29.9 Å². The predicted molar refractivity (Wildman–Crippen MR) is 181 cm³/mol. The normalized spacial score (nSPS) is 12.2. The molecule has 0 saturated carbocycles. The fourth-order valence-electron chi connectivity index (χ4n) is 6.32. The van der Waals surface area contributed by atoms with E-state index in [1.165, 1.54) is 5.56 Å². The third-order valence-corrected chi connectivity index (χ3v) is 8.39. The molecule has 8 bridgehead atoms. The molecule has 0 atom stereocenters. The average Bonchev–Trinajstić information content (AvgIpc) is 3.76. The van der Waals surface area contributed by atoms with Gasteiger partial charge >= 0.3 is 23.1 Å². The molecule has 4 aromatic carbocycles. The average molecular weight is 595 g/mol. The Balaban J connectivity index is 0.00000300. The summed E-state index contributed by atoms with van der Waals surface area (Å²) >= 11 is 0. The van der Waals surface area contributed by atoms with Crippen molar-refractivity contribution in [2.45, 2.75) is 26.2 Å². The van der Waals surface area contributed by atoms with E-state index in [-0.39, 0.29) is 28.5 Å². The molecular weight excluding hydrogens is 569 g/mol. The number of aromatic nitrogens is 8. The molecular formula is C36H26MgN8+2. The summed E-state index contributed by atoms with van der Waals surface area (Å²) < 4.78 is 0. The number of nitrogens with zero attached hydrogens (tertiary/aromatic N) is 6. The van der Waals surface area contributed by atoms with Crippen LogP contribution in [0.15, 0.2) is 91.0 Å². The predicted octanol–water partition coefficient (Wildman–Crippen LogP) is 7.79. The fraction of sp³-hybridized carbons (Fsp3) is 0.111. The summed E-state index contributed by atoms with van der Waals surface area (Å²) in [5.74, 6) is 2.40. The second kappa shape index (κ2) is 10.0. The summed E-state index contributed by atoms with van der Waals surface area (Å²) in [5.41, 5.74) is 7.53. The molecule has 5 heterocycles. The summed E-state index contributed by atoms with van der Waals surface area (Å²) in [6, 6.07) is 30.6. The second-order valence-electron chi connectivity index (χ2n) is 12.2. The topological polar surface area (TPSA) is 109 Å². The molecule has 0 radical (unpaired) electrons. The quantitative estimate of drug-likeness (QED) is 0.174. The summed E-state index contributed by atoms with van der Waals surface area (Å²) in [5, 5.41) is 3.91. The molecule has 45 heavy (non-hydrogen) atoms. The van der Waals surface area contributed by atoms with Gasteiger partial charge in [-0.2, -0.15) is 0 Å². The molecule has 0 spiro atoms. The molecule has 0 amide bonds. The standard InChI is InChI=1S/C36H26N8.Mg/c1-36(2,3)26-18-10-17-25-27(26)35-43-33-24-16-9-8-15-23(24)31(41-33)39-29-20-12-5-4-11-19(20)28(37-29)38-30-21-13-6-7-14-22(21)32(40-30)42-34(25)44-35;/h4-18H,1-3H3,(H2,37,38,39,40,41,42,43,44);/q;+2. The number of hydrogen-bond acceptors (Lipinski definition) is 6. The first-order valence-corrected chi connectivity index (χ1v) is 14.7. The van der Waals surface area contributed by atoms with Gasteiger partial charge in [-0.15, -0.1) is 0 Å². The van der Waals surface area contributed by atoms with Crippen LogP contribution in [-0.2, 0) is 5.41 Å². The SMILES string of the molecule is CC(C)(C)c1cccc2c3nc4nc(nc5[nH]c(nc6nc(nc([nH]3)c12)-c1ccccc1-6)c1ccccc51)-c1ccccc1-4.[Mg+2]. The number of hydrogen-bond donors (Lipinski definition) is 2. The van der Waals surface area contributed by atoms with Gasteiger partial charge in [0.25, 0.3) is 0 Å². The van der Waals surface area contributed by atoms with Crippen LogP contribution in [0.1, 0.15) is 26.3 Å². The van der Waals surface area contributed by atoms with Crippen molar-refractivity contribution >= 4 is 67.2 Å². The maximum atomic E-state index is 5.19. The number of nitrogens with one attached hydrogen (secondary N) is 2. The van der Waals surface area contributed by atoms with Gasteiger partial charge in [-0.1, -0.05) is 112 Å². The van der Waals surface area contributed by atoms with Crippen molar-refractivity contribution in [1.82, 2.24) is 39.9 Å². The molecule has 2 N–H and O–H groups in total. The van der Waals surface area contributed by atoms with E-state index in [9.17, 15) is 0 Å². The van der Waals surface area contributed by atoms with Crippen molar-refractivity contribution in [1.29, 1.82) is 0 Å². The molecule has 8 nitrogen and oxygen atoms in total. The number of aromatic amines is 2. The molecule has 0 unspecified atom stereocenters. The van der Waals surface area contributed by atoms with E-state index in [1.54, 1.807) is 0 Å². The van der Waals surface area contributed by atoms with Gasteiger partial charge in [-0.05, 0) is 11.0 Å². The molecule has 9 rings (SSSR count). The fourth-order valence-corrected chi connectivity index (χ4v) is 6.32. The molecule has 9 heteroatoms. The molecule has 3 aromatic heterocycles. The van der Waals surface area contributed by atoms with Crippen molar-refractivity contribution in [2.75, 3.05) is 0 Å². The van der Waals surface area contributed by atoms with Crippen LogP contribution >= 0.6 is 0 Å². The molecule has 2 aliphatic rings. The van der Waals surface area contributed by atoms with Crippen LogP contribution in [0.3, 0.4) is 0 Å². The largest absolute Gasteiger partial charge is 2.00 e.